The molecule has 6 nitrogen and oxygen atoms in total. The Balaban J connectivity index is 1.70. The van der Waals surface area contributed by atoms with Crippen LogP contribution in [0.25, 0.3) is 10.6 Å². The van der Waals surface area contributed by atoms with Crippen molar-refractivity contribution in [3.05, 3.63) is 40.9 Å². The van der Waals surface area contributed by atoms with Crippen molar-refractivity contribution in [1.82, 2.24) is 14.8 Å². The van der Waals surface area contributed by atoms with Crippen molar-refractivity contribution in [2.24, 2.45) is 0 Å². The number of carbonyl (C=O) groups is 2. The summed E-state index contributed by atoms with van der Waals surface area (Å²) in [6, 6.07) is 9.78. The lowest BCUT2D eigenvalue weighted by molar-refractivity contribution is -0.135. The zero-order valence-corrected chi connectivity index (χ0v) is 15.2. The Labute approximate surface area is 151 Å². The summed E-state index contributed by atoms with van der Waals surface area (Å²) < 4.78 is 5.25. The van der Waals surface area contributed by atoms with Gasteiger partial charge >= 0.3 is 0 Å². The number of thiazole rings is 1. The van der Waals surface area contributed by atoms with Crippen LogP contribution >= 0.6 is 11.3 Å². The van der Waals surface area contributed by atoms with Crippen LogP contribution in [0.4, 0.5) is 0 Å². The molecule has 2 amide bonds. The summed E-state index contributed by atoms with van der Waals surface area (Å²) in [5.74, 6) is -0.219. The molecule has 0 radical (unpaired) electrons. The summed E-state index contributed by atoms with van der Waals surface area (Å²) in [6.07, 6.45) is 0. The lowest BCUT2D eigenvalue weighted by Crippen LogP contribution is -2.46. The van der Waals surface area contributed by atoms with Crippen molar-refractivity contribution in [3.63, 3.8) is 0 Å². The van der Waals surface area contributed by atoms with E-state index in [1.807, 2.05) is 37.3 Å². The lowest BCUT2D eigenvalue weighted by atomic mass is 10.2. The van der Waals surface area contributed by atoms with Gasteiger partial charge < -0.3 is 14.5 Å². The van der Waals surface area contributed by atoms with E-state index in [4.69, 9.17) is 4.74 Å². The number of ether oxygens (including phenoxy) is 1. The molecular weight excluding hydrogens is 338 g/mol. The maximum absolute atomic E-state index is 12.7. The van der Waals surface area contributed by atoms with Crippen molar-refractivity contribution in [3.8, 4) is 10.6 Å². The standard InChI is InChI=1S/C18H21N3O3S/c1-13-16(25-17(19-13)14-6-4-3-5-7-14)18(23)20(2)12-15(22)21-8-10-24-11-9-21/h3-7H,8-12H2,1-2H3. The summed E-state index contributed by atoms with van der Waals surface area (Å²) in [4.78, 5) is 33.3. The molecule has 2 aromatic rings. The number of amides is 2. The summed E-state index contributed by atoms with van der Waals surface area (Å²) >= 11 is 1.36. The highest BCUT2D eigenvalue weighted by Crippen LogP contribution is 2.28. The molecule has 0 saturated carbocycles. The molecule has 1 saturated heterocycles. The first-order chi connectivity index (χ1) is 12.1. The fourth-order valence-electron chi connectivity index (χ4n) is 2.66. The van der Waals surface area contributed by atoms with E-state index in [9.17, 15) is 9.59 Å². The SMILES string of the molecule is Cc1nc(-c2ccccc2)sc1C(=O)N(C)CC(=O)N1CCOCC1. The Hall–Kier alpha value is -2.25. The van der Waals surface area contributed by atoms with Gasteiger partial charge in [-0.2, -0.15) is 0 Å². The van der Waals surface area contributed by atoms with E-state index < -0.39 is 0 Å². The number of aromatic nitrogens is 1. The first-order valence-electron chi connectivity index (χ1n) is 8.20. The van der Waals surface area contributed by atoms with E-state index in [-0.39, 0.29) is 18.4 Å². The van der Waals surface area contributed by atoms with Gasteiger partial charge in [0.25, 0.3) is 5.91 Å². The monoisotopic (exact) mass is 359 g/mol. The third-order valence-electron chi connectivity index (χ3n) is 4.09. The molecule has 0 aliphatic carbocycles. The fraction of sp³-hybridized carbons (Fsp3) is 0.389. The van der Waals surface area contributed by atoms with Gasteiger partial charge in [-0.25, -0.2) is 4.98 Å². The molecule has 0 unspecified atom stereocenters. The molecule has 0 spiro atoms. The maximum atomic E-state index is 12.7. The number of aryl methyl sites for hydroxylation is 1. The first kappa shape index (κ1) is 17.6. The number of rotatable bonds is 4. The second-order valence-electron chi connectivity index (χ2n) is 5.95. The molecule has 132 valence electrons. The zero-order valence-electron chi connectivity index (χ0n) is 14.4. The highest BCUT2D eigenvalue weighted by atomic mass is 32.1. The van der Waals surface area contributed by atoms with Gasteiger partial charge in [0, 0.05) is 25.7 Å². The van der Waals surface area contributed by atoms with Gasteiger partial charge in [-0.15, -0.1) is 11.3 Å². The van der Waals surface area contributed by atoms with E-state index in [1.165, 1.54) is 16.2 Å². The van der Waals surface area contributed by atoms with E-state index in [2.05, 4.69) is 4.98 Å². The van der Waals surface area contributed by atoms with Crippen LogP contribution in [-0.2, 0) is 9.53 Å². The van der Waals surface area contributed by atoms with Gasteiger partial charge in [0.2, 0.25) is 5.91 Å². The molecule has 1 aliphatic heterocycles. The number of nitrogens with zero attached hydrogens (tertiary/aromatic N) is 3. The van der Waals surface area contributed by atoms with Gasteiger partial charge in [-0.3, -0.25) is 9.59 Å². The first-order valence-corrected chi connectivity index (χ1v) is 9.01. The van der Waals surface area contributed by atoms with E-state index in [0.717, 1.165) is 10.6 Å². The molecule has 1 fully saturated rings. The average Bonchev–Trinajstić information content (AvgIpc) is 3.04. The summed E-state index contributed by atoms with van der Waals surface area (Å²) in [6.45, 7) is 4.16. The van der Waals surface area contributed by atoms with Crippen LogP contribution in [0.2, 0.25) is 0 Å². The van der Waals surface area contributed by atoms with E-state index in [0.29, 0.717) is 36.9 Å². The number of hydrogen-bond acceptors (Lipinski definition) is 5. The molecule has 0 atom stereocenters. The Kier molecular flexibility index (Phi) is 5.45. The molecule has 0 N–H and O–H groups in total. The number of hydrogen-bond donors (Lipinski definition) is 0. The Morgan fingerprint density at radius 2 is 1.92 bits per heavy atom. The lowest BCUT2D eigenvalue weighted by Gasteiger charge is -2.28. The Morgan fingerprint density at radius 1 is 1.24 bits per heavy atom. The second-order valence-corrected chi connectivity index (χ2v) is 6.95. The van der Waals surface area contributed by atoms with Gasteiger partial charge in [-0.05, 0) is 6.92 Å². The van der Waals surface area contributed by atoms with Crippen molar-refractivity contribution in [2.45, 2.75) is 6.92 Å². The number of benzene rings is 1. The van der Waals surface area contributed by atoms with Crippen molar-refractivity contribution >= 4 is 23.2 Å². The van der Waals surface area contributed by atoms with E-state index >= 15 is 0 Å². The van der Waals surface area contributed by atoms with Crippen molar-refractivity contribution in [2.75, 3.05) is 39.9 Å². The number of morpholine rings is 1. The molecule has 2 heterocycles. The molecule has 1 aromatic heterocycles. The van der Waals surface area contributed by atoms with E-state index in [1.54, 1.807) is 11.9 Å². The van der Waals surface area contributed by atoms with Gasteiger partial charge in [-0.1, -0.05) is 30.3 Å². The van der Waals surface area contributed by atoms with Gasteiger partial charge in [0.1, 0.15) is 9.88 Å². The summed E-state index contributed by atoms with van der Waals surface area (Å²) in [7, 11) is 1.65. The minimum Gasteiger partial charge on any atom is -0.378 e. The minimum atomic E-state index is -0.168. The molecule has 0 bridgehead atoms. The molecule has 7 heteroatoms. The highest BCUT2D eigenvalue weighted by Gasteiger charge is 2.24. The van der Waals surface area contributed by atoms with Crippen LogP contribution < -0.4 is 0 Å². The summed E-state index contributed by atoms with van der Waals surface area (Å²) in [5, 5.41) is 0.814. The number of carbonyl (C=O) groups excluding carboxylic acids is 2. The molecule has 25 heavy (non-hydrogen) atoms. The highest BCUT2D eigenvalue weighted by molar-refractivity contribution is 7.17. The third-order valence-corrected chi connectivity index (χ3v) is 5.29. The van der Waals surface area contributed by atoms with Crippen LogP contribution in [0.15, 0.2) is 30.3 Å². The average molecular weight is 359 g/mol. The predicted octanol–water partition coefficient (Wildman–Crippen LogP) is 2.05. The topological polar surface area (TPSA) is 62.7 Å². The third kappa shape index (κ3) is 4.05. The van der Waals surface area contributed by atoms with Crippen molar-refractivity contribution in [1.29, 1.82) is 0 Å². The maximum Gasteiger partial charge on any atom is 0.266 e. The predicted molar refractivity (Wildman–Crippen MR) is 96.6 cm³/mol. The smallest absolute Gasteiger partial charge is 0.266 e. The van der Waals surface area contributed by atoms with Gasteiger partial charge in [0.15, 0.2) is 0 Å². The van der Waals surface area contributed by atoms with Gasteiger partial charge in [0.05, 0.1) is 25.5 Å². The molecule has 1 aromatic carbocycles. The van der Waals surface area contributed by atoms with Crippen LogP contribution in [0, 0.1) is 6.92 Å². The Bertz CT molecular complexity index is 754. The van der Waals surface area contributed by atoms with Crippen LogP contribution in [0.5, 0.6) is 0 Å². The normalized spacial score (nSPS) is 14.4. The summed E-state index contributed by atoms with van der Waals surface area (Å²) in [5.41, 5.74) is 1.68. The van der Waals surface area contributed by atoms with Crippen LogP contribution in [0.3, 0.4) is 0 Å². The van der Waals surface area contributed by atoms with Crippen LogP contribution in [-0.4, -0.2) is 66.5 Å². The van der Waals surface area contributed by atoms with Crippen molar-refractivity contribution < 1.29 is 14.3 Å². The quantitative estimate of drug-likeness (QED) is 0.838. The second kappa shape index (κ2) is 7.76. The molecular formula is C18H21N3O3S. The van der Waals surface area contributed by atoms with Crippen LogP contribution in [0.1, 0.15) is 15.4 Å². The minimum absolute atomic E-state index is 0.0513. The Morgan fingerprint density at radius 3 is 2.60 bits per heavy atom. The zero-order chi connectivity index (χ0) is 17.8. The molecule has 3 rings (SSSR count). The number of likely N-dealkylation sites (N-methyl/N-ethyl adjacent to an activating group) is 1. The molecule has 1 aliphatic rings. The largest absolute Gasteiger partial charge is 0.378 e. The fourth-order valence-corrected chi connectivity index (χ4v) is 3.73.